The summed E-state index contributed by atoms with van der Waals surface area (Å²) in [5.74, 6) is 0. The molecule has 0 fully saturated rings. The highest BCUT2D eigenvalue weighted by Gasteiger charge is 2.26. The molecule has 0 aliphatic rings. The largest absolute Gasteiger partial charge is 0.314 e. The summed E-state index contributed by atoms with van der Waals surface area (Å²) in [7, 11) is -2.63. The highest BCUT2D eigenvalue weighted by Crippen LogP contribution is 2.44. The smallest absolute Gasteiger partial charge is 0.143 e. The molecule has 0 aliphatic heterocycles. The van der Waals surface area contributed by atoms with Crippen LogP contribution in [0.5, 0.6) is 0 Å². The Labute approximate surface area is 145 Å². The molecular weight excluding hydrogens is 367 g/mol. The average Bonchev–Trinajstić information content (AvgIpc) is 2.62. The van der Waals surface area contributed by atoms with E-state index in [0.717, 1.165) is 21.5 Å². The summed E-state index contributed by atoms with van der Waals surface area (Å²) in [6.45, 7) is 0. The minimum Gasteiger partial charge on any atom is -0.314 e. The molecule has 0 radical (unpaired) electrons. The average molecular weight is 385 g/mol. The van der Waals surface area contributed by atoms with Crippen molar-refractivity contribution in [2.24, 2.45) is 0 Å². The van der Waals surface area contributed by atoms with Gasteiger partial charge >= 0.3 is 0 Å². The third kappa shape index (κ3) is 3.65. The normalized spacial score (nSPS) is 11.3. The lowest BCUT2D eigenvalue weighted by Crippen LogP contribution is -2.19. The number of hydrogen-bond donors (Lipinski definition) is 0. The number of halogens is 1. The Balaban J connectivity index is 1.97. The predicted octanol–water partition coefficient (Wildman–Crippen LogP) is 5.01. The second-order valence-electron chi connectivity index (χ2n) is 5.48. The van der Waals surface area contributed by atoms with Crippen molar-refractivity contribution in [2.75, 3.05) is 6.16 Å². The van der Waals surface area contributed by atoms with Crippen LogP contribution in [0.4, 0.5) is 0 Å². The standard InChI is InChI=1S/C20H18BrOP/c21-20-14-8-7-9-17(20)15-16-23(22,18-10-3-1-4-11-18)19-12-5-2-6-13-19/h1-14H,15-16H2. The zero-order valence-electron chi connectivity index (χ0n) is 12.7. The summed E-state index contributed by atoms with van der Waals surface area (Å²) < 4.78 is 15.0. The second-order valence-corrected chi connectivity index (χ2v) is 9.29. The Bertz CT molecular complexity index is 772. The van der Waals surface area contributed by atoms with Gasteiger partial charge in [0, 0.05) is 21.2 Å². The fourth-order valence-electron chi connectivity index (χ4n) is 2.72. The summed E-state index contributed by atoms with van der Waals surface area (Å²) >= 11 is 3.59. The molecule has 0 unspecified atom stereocenters. The van der Waals surface area contributed by atoms with Crippen LogP contribution in [0, 0.1) is 0 Å². The highest BCUT2D eigenvalue weighted by molar-refractivity contribution is 9.10. The quantitative estimate of drug-likeness (QED) is 0.565. The van der Waals surface area contributed by atoms with Gasteiger partial charge in [0.15, 0.2) is 0 Å². The summed E-state index contributed by atoms with van der Waals surface area (Å²) in [6.07, 6.45) is 1.41. The molecule has 0 heterocycles. The van der Waals surface area contributed by atoms with Gasteiger partial charge in [-0.15, -0.1) is 0 Å². The van der Waals surface area contributed by atoms with Crippen molar-refractivity contribution in [3.63, 3.8) is 0 Å². The van der Waals surface area contributed by atoms with Crippen LogP contribution in [0.2, 0.25) is 0 Å². The first kappa shape index (κ1) is 16.2. The van der Waals surface area contributed by atoms with Crippen LogP contribution < -0.4 is 10.6 Å². The molecule has 3 aromatic rings. The molecule has 0 saturated carbocycles. The number of aryl methyl sites for hydroxylation is 1. The molecule has 0 aliphatic carbocycles. The van der Waals surface area contributed by atoms with Crippen molar-refractivity contribution in [3.8, 4) is 0 Å². The lowest BCUT2D eigenvalue weighted by atomic mass is 10.2. The van der Waals surface area contributed by atoms with Crippen LogP contribution in [0.25, 0.3) is 0 Å². The van der Waals surface area contributed by atoms with Crippen LogP contribution in [-0.2, 0) is 11.0 Å². The van der Waals surface area contributed by atoms with Crippen molar-refractivity contribution in [1.29, 1.82) is 0 Å². The van der Waals surface area contributed by atoms with Gasteiger partial charge in [-0.25, -0.2) is 0 Å². The van der Waals surface area contributed by atoms with E-state index in [1.54, 1.807) is 0 Å². The van der Waals surface area contributed by atoms with Gasteiger partial charge in [0.05, 0.1) is 0 Å². The minimum atomic E-state index is -2.63. The molecule has 0 saturated heterocycles. The van der Waals surface area contributed by atoms with Gasteiger partial charge in [-0.1, -0.05) is 94.8 Å². The van der Waals surface area contributed by atoms with E-state index in [4.69, 9.17) is 0 Å². The third-order valence-electron chi connectivity index (χ3n) is 4.00. The lowest BCUT2D eigenvalue weighted by Gasteiger charge is -2.19. The van der Waals surface area contributed by atoms with Crippen LogP contribution in [0.1, 0.15) is 5.56 Å². The zero-order chi connectivity index (χ0) is 16.1. The molecule has 23 heavy (non-hydrogen) atoms. The molecule has 0 N–H and O–H groups in total. The van der Waals surface area contributed by atoms with Crippen molar-refractivity contribution in [1.82, 2.24) is 0 Å². The van der Waals surface area contributed by atoms with Gasteiger partial charge in [-0.2, -0.15) is 0 Å². The van der Waals surface area contributed by atoms with Gasteiger partial charge in [0.2, 0.25) is 0 Å². The molecule has 3 aromatic carbocycles. The third-order valence-corrected chi connectivity index (χ3v) is 7.89. The fraction of sp³-hybridized carbons (Fsp3) is 0.100. The highest BCUT2D eigenvalue weighted by atomic mass is 79.9. The van der Waals surface area contributed by atoms with Crippen LogP contribution in [0.3, 0.4) is 0 Å². The Morgan fingerprint density at radius 1 is 0.696 bits per heavy atom. The van der Waals surface area contributed by atoms with Gasteiger partial charge in [-0.3, -0.25) is 0 Å². The van der Waals surface area contributed by atoms with Gasteiger partial charge < -0.3 is 4.57 Å². The number of rotatable bonds is 5. The van der Waals surface area contributed by atoms with Crippen molar-refractivity contribution in [2.45, 2.75) is 6.42 Å². The maximum Gasteiger partial charge on any atom is 0.143 e. The van der Waals surface area contributed by atoms with E-state index in [1.807, 2.05) is 78.9 Å². The Hall–Kier alpha value is -1.63. The molecule has 0 spiro atoms. The number of hydrogen-bond acceptors (Lipinski definition) is 1. The molecule has 0 bridgehead atoms. The van der Waals surface area contributed by atoms with E-state index in [9.17, 15) is 4.57 Å². The van der Waals surface area contributed by atoms with Gasteiger partial charge in [0.1, 0.15) is 7.14 Å². The van der Waals surface area contributed by atoms with E-state index in [1.165, 1.54) is 5.56 Å². The second kappa shape index (κ2) is 7.29. The zero-order valence-corrected chi connectivity index (χ0v) is 15.2. The van der Waals surface area contributed by atoms with Crippen LogP contribution in [0.15, 0.2) is 89.4 Å². The van der Waals surface area contributed by atoms with Crippen LogP contribution >= 0.6 is 23.1 Å². The van der Waals surface area contributed by atoms with E-state index >= 15 is 0 Å². The first-order valence-electron chi connectivity index (χ1n) is 7.64. The molecule has 0 aromatic heterocycles. The van der Waals surface area contributed by atoms with E-state index in [2.05, 4.69) is 22.0 Å². The summed E-state index contributed by atoms with van der Waals surface area (Å²) in [5, 5.41) is 1.86. The minimum absolute atomic E-state index is 0.629. The maximum atomic E-state index is 13.9. The summed E-state index contributed by atoms with van der Waals surface area (Å²) in [4.78, 5) is 0. The van der Waals surface area contributed by atoms with Crippen molar-refractivity contribution >= 4 is 33.7 Å². The van der Waals surface area contributed by atoms with Gasteiger partial charge in [0.25, 0.3) is 0 Å². The topological polar surface area (TPSA) is 17.1 Å². The molecular formula is C20H18BrOP. The molecule has 3 rings (SSSR count). The van der Waals surface area contributed by atoms with E-state index < -0.39 is 7.14 Å². The Kier molecular flexibility index (Phi) is 5.15. The number of benzene rings is 3. The van der Waals surface area contributed by atoms with Crippen molar-refractivity contribution in [3.05, 3.63) is 95.0 Å². The first-order valence-corrected chi connectivity index (χ1v) is 10.3. The maximum absolute atomic E-state index is 13.9. The van der Waals surface area contributed by atoms with Crippen molar-refractivity contribution < 1.29 is 4.57 Å². The first-order chi connectivity index (χ1) is 11.2. The summed E-state index contributed by atoms with van der Waals surface area (Å²) in [5.41, 5.74) is 1.19. The van der Waals surface area contributed by atoms with Crippen LogP contribution in [-0.4, -0.2) is 6.16 Å². The Morgan fingerprint density at radius 2 is 1.17 bits per heavy atom. The predicted molar refractivity (Wildman–Crippen MR) is 102 cm³/mol. The molecule has 3 heteroatoms. The lowest BCUT2D eigenvalue weighted by molar-refractivity contribution is 0.586. The van der Waals surface area contributed by atoms with Gasteiger partial charge in [-0.05, 0) is 18.1 Å². The molecule has 1 nitrogen and oxygen atoms in total. The SMILES string of the molecule is O=P(CCc1ccccc1Br)(c1ccccc1)c1ccccc1. The Morgan fingerprint density at radius 3 is 1.70 bits per heavy atom. The van der Waals surface area contributed by atoms with E-state index in [-0.39, 0.29) is 0 Å². The summed E-state index contributed by atoms with van der Waals surface area (Å²) in [6, 6.07) is 27.8. The molecule has 0 atom stereocenters. The van der Waals surface area contributed by atoms with E-state index in [0.29, 0.717) is 6.16 Å². The molecule has 116 valence electrons. The fourth-order valence-corrected chi connectivity index (χ4v) is 5.88. The monoisotopic (exact) mass is 384 g/mol. The molecule has 0 amide bonds.